The van der Waals surface area contributed by atoms with Gasteiger partial charge >= 0.3 is 6.03 Å². The van der Waals surface area contributed by atoms with Gasteiger partial charge in [0, 0.05) is 5.69 Å². The van der Waals surface area contributed by atoms with Gasteiger partial charge in [0.15, 0.2) is 0 Å². The van der Waals surface area contributed by atoms with Crippen molar-refractivity contribution in [1.82, 2.24) is 5.32 Å². The Balaban J connectivity index is 1.52. The first-order valence-corrected chi connectivity index (χ1v) is 8.56. The highest BCUT2D eigenvalue weighted by Gasteiger charge is 2.42. The molecule has 0 aliphatic heterocycles. The lowest BCUT2D eigenvalue weighted by molar-refractivity contribution is 0.159. The Kier molecular flexibility index (Phi) is 4.76. The molecule has 1 atom stereocenters. The molecule has 0 radical (unpaired) electrons. The van der Waals surface area contributed by atoms with Crippen LogP contribution in [0, 0.1) is 5.92 Å². The van der Waals surface area contributed by atoms with Crippen molar-refractivity contribution in [3.63, 3.8) is 0 Å². The van der Waals surface area contributed by atoms with E-state index in [4.69, 9.17) is 4.74 Å². The van der Waals surface area contributed by atoms with Gasteiger partial charge in [-0.05, 0) is 75.6 Å². The number of carbonyl (C=O) groups excluding carboxylic acids is 1. The van der Waals surface area contributed by atoms with E-state index in [1.807, 2.05) is 31.2 Å². The molecule has 23 heavy (non-hydrogen) atoms. The Morgan fingerprint density at radius 3 is 2.43 bits per heavy atom. The number of anilines is 1. The van der Waals surface area contributed by atoms with Crippen molar-refractivity contribution < 1.29 is 14.6 Å². The number of hydrogen-bond donors (Lipinski definition) is 3. The molecule has 1 unspecified atom stereocenters. The van der Waals surface area contributed by atoms with E-state index >= 15 is 0 Å². The number of urea groups is 1. The lowest BCUT2D eigenvalue weighted by Crippen LogP contribution is -2.52. The molecule has 3 rings (SSSR count). The molecule has 3 N–H and O–H groups in total. The molecule has 0 heterocycles. The van der Waals surface area contributed by atoms with Crippen LogP contribution in [0.5, 0.6) is 5.75 Å². The zero-order chi connectivity index (χ0) is 16.3. The van der Waals surface area contributed by atoms with Gasteiger partial charge in [0.05, 0.1) is 18.2 Å². The summed E-state index contributed by atoms with van der Waals surface area (Å²) in [6, 6.07) is 7.19. The van der Waals surface area contributed by atoms with Crippen LogP contribution < -0.4 is 15.4 Å². The van der Waals surface area contributed by atoms with Crippen LogP contribution in [0.25, 0.3) is 0 Å². The minimum absolute atomic E-state index is 0.0424. The van der Waals surface area contributed by atoms with Gasteiger partial charge in [-0.1, -0.05) is 0 Å². The third kappa shape index (κ3) is 4.16. The molecule has 0 saturated heterocycles. The largest absolute Gasteiger partial charge is 0.490 e. The maximum absolute atomic E-state index is 12.1. The van der Waals surface area contributed by atoms with Gasteiger partial charge in [-0.25, -0.2) is 4.79 Å². The van der Waals surface area contributed by atoms with Crippen molar-refractivity contribution in [1.29, 1.82) is 0 Å². The second kappa shape index (κ2) is 6.79. The van der Waals surface area contributed by atoms with Crippen molar-refractivity contribution in [3.8, 4) is 5.75 Å². The predicted molar refractivity (Wildman–Crippen MR) is 89.7 cm³/mol. The van der Waals surface area contributed by atoms with E-state index < -0.39 is 5.54 Å². The average Bonchev–Trinajstić information content (AvgIpc) is 3.28. The van der Waals surface area contributed by atoms with Crippen LogP contribution in [0.1, 0.15) is 45.4 Å². The number of carbonyl (C=O) groups is 1. The summed E-state index contributed by atoms with van der Waals surface area (Å²) < 4.78 is 5.91. The molecule has 0 aromatic heterocycles. The summed E-state index contributed by atoms with van der Waals surface area (Å²) in [5.74, 6) is 1.22. The monoisotopic (exact) mass is 318 g/mol. The van der Waals surface area contributed by atoms with Crippen LogP contribution in [0.3, 0.4) is 0 Å². The number of aliphatic hydroxyl groups is 1. The minimum atomic E-state index is -0.532. The maximum atomic E-state index is 12.1. The first-order chi connectivity index (χ1) is 11.1. The fourth-order valence-corrected chi connectivity index (χ4v) is 3.23. The molecule has 126 valence electrons. The van der Waals surface area contributed by atoms with Crippen molar-refractivity contribution in [2.75, 3.05) is 11.9 Å². The SMILES string of the molecule is CC(CO)(NC(=O)Nc1ccc(OC2CCCC2)cc1)C1CC1. The molecule has 2 aliphatic rings. The summed E-state index contributed by atoms with van der Waals surface area (Å²) in [6.07, 6.45) is 7.20. The summed E-state index contributed by atoms with van der Waals surface area (Å²) in [6.45, 7) is 1.85. The molecule has 2 amide bonds. The van der Waals surface area contributed by atoms with E-state index in [9.17, 15) is 9.90 Å². The quantitative estimate of drug-likeness (QED) is 0.754. The highest BCUT2D eigenvalue weighted by Crippen LogP contribution is 2.39. The molecule has 5 nitrogen and oxygen atoms in total. The summed E-state index contributed by atoms with van der Waals surface area (Å²) in [4.78, 5) is 12.1. The van der Waals surface area contributed by atoms with E-state index in [1.54, 1.807) is 0 Å². The van der Waals surface area contributed by atoms with E-state index in [1.165, 1.54) is 12.8 Å². The van der Waals surface area contributed by atoms with Crippen LogP contribution in [0.4, 0.5) is 10.5 Å². The van der Waals surface area contributed by atoms with Crippen LogP contribution in [0.2, 0.25) is 0 Å². The average molecular weight is 318 g/mol. The van der Waals surface area contributed by atoms with Crippen molar-refractivity contribution >= 4 is 11.7 Å². The Morgan fingerprint density at radius 2 is 1.87 bits per heavy atom. The minimum Gasteiger partial charge on any atom is -0.490 e. The number of rotatable bonds is 6. The molecule has 2 aliphatic carbocycles. The normalized spacial score (nSPS) is 20.8. The Hall–Kier alpha value is -1.75. The zero-order valence-electron chi connectivity index (χ0n) is 13.7. The van der Waals surface area contributed by atoms with Gasteiger partial charge < -0.3 is 20.5 Å². The summed E-state index contributed by atoms with van der Waals surface area (Å²) in [5.41, 5.74) is 0.188. The third-order valence-corrected chi connectivity index (χ3v) is 4.92. The van der Waals surface area contributed by atoms with E-state index in [2.05, 4.69) is 10.6 Å². The van der Waals surface area contributed by atoms with Crippen LogP contribution in [-0.2, 0) is 0 Å². The van der Waals surface area contributed by atoms with Crippen LogP contribution in [-0.4, -0.2) is 29.4 Å². The molecular formula is C18H26N2O3. The maximum Gasteiger partial charge on any atom is 0.319 e. The molecule has 5 heteroatoms. The van der Waals surface area contributed by atoms with Crippen LogP contribution in [0.15, 0.2) is 24.3 Å². The number of amides is 2. The number of benzene rings is 1. The lowest BCUT2D eigenvalue weighted by atomic mass is 9.97. The van der Waals surface area contributed by atoms with E-state index in [-0.39, 0.29) is 12.6 Å². The topological polar surface area (TPSA) is 70.6 Å². The standard InChI is InChI=1S/C18H26N2O3/c1-18(12-21,13-6-7-13)20-17(22)19-14-8-10-16(11-9-14)23-15-4-2-3-5-15/h8-11,13,15,21H,2-7,12H2,1H3,(H2,19,20,22). The molecule has 1 aromatic carbocycles. The Bertz CT molecular complexity index is 536. The summed E-state index contributed by atoms with van der Waals surface area (Å²) >= 11 is 0. The van der Waals surface area contributed by atoms with Gasteiger partial charge in [-0.15, -0.1) is 0 Å². The van der Waals surface area contributed by atoms with Gasteiger partial charge in [0.25, 0.3) is 0 Å². The zero-order valence-corrected chi connectivity index (χ0v) is 13.7. The van der Waals surface area contributed by atoms with Gasteiger partial charge in [-0.3, -0.25) is 0 Å². The van der Waals surface area contributed by atoms with Gasteiger partial charge in [0.2, 0.25) is 0 Å². The fourth-order valence-electron chi connectivity index (χ4n) is 3.23. The van der Waals surface area contributed by atoms with Crippen molar-refractivity contribution in [2.24, 2.45) is 5.92 Å². The molecule has 1 aromatic rings. The van der Waals surface area contributed by atoms with Gasteiger partial charge in [0.1, 0.15) is 5.75 Å². The van der Waals surface area contributed by atoms with Gasteiger partial charge in [-0.2, -0.15) is 0 Å². The third-order valence-electron chi connectivity index (χ3n) is 4.92. The number of nitrogens with one attached hydrogen (secondary N) is 2. The molecule has 0 spiro atoms. The Morgan fingerprint density at radius 1 is 1.22 bits per heavy atom. The van der Waals surface area contributed by atoms with E-state index in [0.29, 0.717) is 12.0 Å². The fraction of sp³-hybridized carbons (Fsp3) is 0.611. The smallest absolute Gasteiger partial charge is 0.319 e. The lowest BCUT2D eigenvalue weighted by Gasteiger charge is -2.28. The molecule has 2 fully saturated rings. The molecule has 0 bridgehead atoms. The second-order valence-electron chi connectivity index (χ2n) is 6.98. The number of aliphatic hydroxyl groups excluding tert-OH is 1. The Labute approximate surface area is 137 Å². The summed E-state index contributed by atoms with van der Waals surface area (Å²) in [7, 11) is 0. The molecule has 2 saturated carbocycles. The van der Waals surface area contributed by atoms with E-state index in [0.717, 1.165) is 37.1 Å². The first kappa shape index (κ1) is 16.1. The highest BCUT2D eigenvalue weighted by atomic mass is 16.5. The van der Waals surface area contributed by atoms with Crippen molar-refractivity contribution in [3.05, 3.63) is 24.3 Å². The molecular weight excluding hydrogens is 292 g/mol. The number of hydrogen-bond acceptors (Lipinski definition) is 3. The highest BCUT2D eigenvalue weighted by molar-refractivity contribution is 5.89. The predicted octanol–water partition coefficient (Wildman–Crippen LogP) is 3.29. The second-order valence-corrected chi connectivity index (χ2v) is 6.98. The number of ether oxygens (including phenoxy) is 1. The first-order valence-electron chi connectivity index (χ1n) is 8.56. The summed E-state index contributed by atoms with van der Waals surface area (Å²) in [5, 5.41) is 15.2. The van der Waals surface area contributed by atoms with Crippen LogP contribution >= 0.6 is 0 Å². The van der Waals surface area contributed by atoms with Crippen molar-refractivity contribution in [2.45, 2.75) is 57.1 Å².